The van der Waals surface area contributed by atoms with Gasteiger partial charge < -0.3 is 34.2 Å². The van der Waals surface area contributed by atoms with Crippen LogP contribution in [0, 0.1) is 11.8 Å². The molecule has 1 aliphatic carbocycles. The predicted molar refractivity (Wildman–Crippen MR) is 171 cm³/mol. The van der Waals surface area contributed by atoms with Crippen LogP contribution in [0.3, 0.4) is 0 Å². The number of hydrogen-bond acceptors (Lipinski definition) is 7. The van der Waals surface area contributed by atoms with Crippen molar-refractivity contribution in [3.05, 3.63) is 53.1 Å². The molecule has 2 aromatic carbocycles. The molecule has 3 atom stereocenters. The lowest BCUT2D eigenvalue weighted by Gasteiger charge is -2.32. The Morgan fingerprint density at radius 2 is 1.57 bits per heavy atom. The molecule has 1 fully saturated rings. The molecule has 1 heterocycles. The number of hydrogen-bond donors (Lipinski definition) is 2. The van der Waals surface area contributed by atoms with Crippen LogP contribution in [0.5, 0.6) is 17.2 Å². The Kier molecular flexibility index (Phi) is 10.6. The van der Waals surface area contributed by atoms with Crippen molar-refractivity contribution in [1.82, 2.24) is 10.6 Å². The average molecular weight is 609 g/mol. The standard InChI is InChI=1S/C34H49BN2O7/c1-21(2)17-29(35-43-33(3,4)34(5,6)44-35)37-32(39)26(18-22-13-11-10-12-14-22)36-31(38)23-15-16-24-25(19-23)30(42-9)28(41-8)20-27(24)40-7/h10-14,20-21,23,26,29H,15-19H2,1-9H3,(H,36,38)(H,37,39). The number of rotatable bonds is 12. The second kappa shape index (κ2) is 13.8. The van der Waals surface area contributed by atoms with E-state index < -0.39 is 24.4 Å². The summed E-state index contributed by atoms with van der Waals surface area (Å²) in [7, 11) is 4.21. The molecule has 3 unspecified atom stereocenters. The minimum absolute atomic E-state index is 0.174. The number of amides is 2. The molecule has 0 spiro atoms. The van der Waals surface area contributed by atoms with Crippen LogP contribution in [-0.4, -0.2) is 63.4 Å². The summed E-state index contributed by atoms with van der Waals surface area (Å²) in [6.07, 6.45) is 2.72. The Morgan fingerprint density at radius 1 is 0.932 bits per heavy atom. The van der Waals surface area contributed by atoms with Gasteiger partial charge in [0.1, 0.15) is 11.8 Å². The molecular formula is C34H49BN2O7. The van der Waals surface area contributed by atoms with Gasteiger partial charge in [0.25, 0.3) is 0 Å². The summed E-state index contributed by atoms with van der Waals surface area (Å²) in [6, 6.07) is 10.8. The maximum absolute atomic E-state index is 14.0. The van der Waals surface area contributed by atoms with Gasteiger partial charge in [0.05, 0.1) is 38.5 Å². The largest absolute Gasteiger partial charge is 0.496 e. The Morgan fingerprint density at radius 3 is 2.14 bits per heavy atom. The fourth-order valence-electron chi connectivity index (χ4n) is 6.08. The van der Waals surface area contributed by atoms with Gasteiger partial charge in [-0.25, -0.2) is 0 Å². The number of methoxy groups -OCH3 is 3. The molecule has 9 nitrogen and oxygen atoms in total. The van der Waals surface area contributed by atoms with Crippen molar-refractivity contribution < 1.29 is 33.1 Å². The van der Waals surface area contributed by atoms with Crippen molar-refractivity contribution in [3.8, 4) is 17.2 Å². The van der Waals surface area contributed by atoms with Crippen molar-refractivity contribution >= 4 is 18.9 Å². The van der Waals surface area contributed by atoms with Crippen LogP contribution in [-0.2, 0) is 38.2 Å². The summed E-state index contributed by atoms with van der Waals surface area (Å²) in [5, 5.41) is 6.31. The van der Waals surface area contributed by atoms with E-state index in [1.54, 1.807) is 21.3 Å². The summed E-state index contributed by atoms with van der Waals surface area (Å²) in [4.78, 5) is 27.9. The number of benzene rings is 2. The van der Waals surface area contributed by atoms with Gasteiger partial charge in [-0.15, -0.1) is 0 Å². The molecule has 2 aromatic rings. The summed E-state index contributed by atoms with van der Waals surface area (Å²) in [6.45, 7) is 12.2. The first kappa shape index (κ1) is 33.7. The van der Waals surface area contributed by atoms with Gasteiger partial charge in [0.2, 0.25) is 11.8 Å². The molecule has 0 aromatic heterocycles. The number of fused-ring (bicyclic) bond motifs is 1. The maximum Gasteiger partial charge on any atom is 0.481 e. The van der Waals surface area contributed by atoms with Crippen LogP contribution >= 0.6 is 0 Å². The monoisotopic (exact) mass is 608 g/mol. The van der Waals surface area contributed by atoms with E-state index in [9.17, 15) is 9.59 Å². The van der Waals surface area contributed by atoms with E-state index in [0.717, 1.165) is 22.4 Å². The lowest BCUT2D eigenvalue weighted by atomic mass is 9.73. The topological polar surface area (TPSA) is 104 Å². The van der Waals surface area contributed by atoms with Crippen molar-refractivity contribution in [1.29, 1.82) is 0 Å². The van der Waals surface area contributed by atoms with E-state index in [0.29, 0.717) is 43.6 Å². The molecule has 1 aliphatic heterocycles. The first-order valence-electron chi connectivity index (χ1n) is 15.6. The third kappa shape index (κ3) is 7.34. The molecule has 0 radical (unpaired) electrons. The highest BCUT2D eigenvalue weighted by Gasteiger charge is 2.54. The van der Waals surface area contributed by atoms with Gasteiger partial charge in [0, 0.05) is 29.5 Å². The van der Waals surface area contributed by atoms with Crippen molar-refractivity contribution in [3.63, 3.8) is 0 Å². The molecule has 4 rings (SSSR count). The molecule has 2 amide bonds. The molecular weight excluding hydrogens is 559 g/mol. The average Bonchev–Trinajstić information content (AvgIpc) is 3.21. The Bertz CT molecular complexity index is 1280. The van der Waals surface area contributed by atoms with Crippen molar-refractivity contribution in [2.45, 2.75) is 96.8 Å². The fraction of sp³-hybridized carbons (Fsp3) is 0.588. The molecule has 240 valence electrons. The number of nitrogens with one attached hydrogen (secondary N) is 2. The number of ether oxygens (including phenoxy) is 3. The van der Waals surface area contributed by atoms with Gasteiger partial charge in [0.15, 0.2) is 11.5 Å². The third-order valence-corrected chi connectivity index (χ3v) is 9.20. The zero-order chi connectivity index (χ0) is 32.2. The maximum atomic E-state index is 14.0. The molecule has 2 N–H and O–H groups in total. The molecule has 1 saturated heterocycles. The number of carbonyl (C=O) groups excluding carboxylic acids is 2. The Balaban J connectivity index is 1.57. The summed E-state index contributed by atoms with van der Waals surface area (Å²) in [5.74, 6) is 0.997. The van der Waals surface area contributed by atoms with Gasteiger partial charge in [-0.3, -0.25) is 9.59 Å². The highest BCUT2D eigenvalue weighted by molar-refractivity contribution is 6.48. The summed E-state index contributed by atoms with van der Waals surface area (Å²) in [5.41, 5.74) is 1.82. The van der Waals surface area contributed by atoms with Crippen LogP contribution in [0.25, 0.3) is 0 Å². The highest BCUT2D eigenvalue weighted by atomic mass is 16.7. The lowest BCUT2D eigenvalue weighted by Crippen LogP contribution is -2.56. The van der Waals surface area contributed by atoms with Crippen LogP contribution in [0.2, 0.25) is 0 Å². The van der Waals surface area contributed by atoms with E-state index in [4.69, 9.17) is 23.5 Å². The first-order chi connectivity index (χ1) is 20.8. The second-order valence-electron chi connectivity index (χ2n) is 13.3. The molecule has 44 heavy (non-hydrogen) atoms. The minimum atomic E-state index is -0.787. The van der Waals surface area contributed by atoms with Gasteiger partial charge >= 0.3 is 7.12 Å². The fourth-order valence-corrected chi connectivity index (χ4v) is 6.08. The van der Waals surface area contributed by atoms with Gasteiger partial charge in [-0.2, -0.15) is 0 Å². The van der Waals surface area contributed by atoms with Crippen LogP contribution in [0.15, 0.2) is 36.4 Å². The van der Waals surface area contributed by atoms with E-state index in [1.165, 1.54) is 0 Å². The smallest absolute Gasteiger partial charge is 0.481 e. The van der Waals surface area contributed by atoms with E-state index in [1.807, 2.05) is 64.1 Å². The zero-order valence-electron chi connectivity index (χ0n) is 27.7. The molecule has 0 saturated carbocycles. The Labute approximate surface area is 262 Å². The van der Waals surface area contributed by atoms with Crippen LogP contribution in [0.1, 0.15) is 71.1 Å². The molecule has 0 bridgehead atoms. The quantitative estimate of drug-likeness (QED) is 0.337. The summed E-state index contributed by atoms with van der Waals surface area (Å²) < 4.78 is 29.6. The van der Waals surface area contributed by atoms with Gasteiger partial charge in [-0.05, 0) is 64.9 Å². The van der Waals surface area contributed by atoms with Crippen molar-refractivity contribution in [2.75, 3.05) is 21.3 Å². The second-order valence-corrected chi connectivity index (χ2v) is 13.3. The predicted octanol–water partition coefficient (Wildman–Crippen LogP) is 4.71. The van der Waals surface area contributed by atoms with Crippen LogP contribution in [0.4, 0.5) is 0 Å². The SMILES string of the molecule is COc1cc(OC)c(OC)c2c1CCC(C(=O)NC(Cc1ccccc1)C(=O)NC(CC(C)C)B1OC(C)(C)C(C)(C)O1)C2. The summed E-state index contributed by atoms with van der Waals surface area (Å²) >= 11 is 0. The lowest BCUT2D eigenvalue weighted by molar-refractivity contribution is -0.131. The van der Waals surface area contributed by atoms with Gasteiger partial charge in [-0.1, -0.05) is 44.2 Å². The zero-order valence-corrected chi connectivity index (χ0v) is 27.7. The first-order valence-corrected chi connectivity index (χ1v) is 15.6. The van der Waals surface area contributed by atoms with E-state index in [-0.39, 0.29) is 29.6 Å². The number of carbonyl (C=O) groups is 2. The Hall–Kier alpha value is -3.24. The normalized spacial score (nSPS) is 20.0. The molecule has 2 aliphatic rings. The van der Waals surface area contributed by atoms with E-state index in [2.05, 4.69) is 24.5 Å². The minimum Gasteiger partial charge on any atom is -0.496 e. The van der Waals surface area contributed by atoms with Crippen molar-refractivity contribution in [2.24, 2.45) is 11.8 Å². The highest BCUT2D eigenvalue weighted by Crippen LogP contribution is 2.44. The van der Waals surface area contributed by atoms with Crippen LogP contribution < -0.4 is 24.8 Å². The molecule has 10 heteroatoms. The van der Waals surface area contributed by atoms with E-state index >= 15 is 0 Å². The third-order valence-electron chi connectivity index (χ3n) is 9.20.